The Labute approximate surface area is 140 Å². The standard InChI is InChI=1S/C18H20FN5/c1-24(2)12-21-11-16-17(13-7-9-20-10-8-13)18(23-22-16)14-3-5-15(19)6-4-14/h3-10,21H,11-12H2,1-2H3,(H,22,23). The fourth-order valence-electron chi connectivity index (χ4n) is 2.56. The second-order valence-electron chi connectivity index (χ2n) is 5.83. The van der Waals surface area contributed by atoms with Gasteiger partial charge in [-0.25, -0.2) is 4.39 Å². The SMILES string of the molecule is CN(C)CNCc1[nH]nc(-c2ccc(F)cc2)c1-c1ccncc1. The highest BCUT2D eigenvalue weighted by molar-refractivity contribution is 5.82. The number of hydrogen-bond donors (Lipinski definition) is 2. The van der Waals surface area contributed by atoms with Crippen molar-refractivity contribution in [3.63, 3.8) is 0 Å². The maximum atomic E-state index is 13.2. The summed E-state index contributed by atoms with van der Waals surface area (Å²) >= 11 is 0. The Balaban J connectivity index is 1.99. The van der Waals surface area contributed by atoms with Crippen LogP contribution in [0.15, 0.2) is 48.8 Å². The first-order valence-electron chi connectivity index (χ1n) is 7.74. The third kappa shape index (κ3) is 3.67. The van der Waals surface area contributed by atoms with E-state index in [1.54, 1.807) is 24.5 Å². The zero-order valence-corrected chi connectivity index (χ0v) is 13.8. The van der Waals surface area contributed by atoms with Crippen LogP contribution in [0.3, 0.4) is 0 Å². The molecule has 0 atom stereocenters. The maximum absolute atomic E-state index is 13.2. The van der Waals surface area contributed by atoms with Crippen LogP contribution in [0, 0.1) is 5.82 Å². The third-order valence-electron chi connectivity index (χ3n) is 3.66. The zero-order chi connectivity index (χ0) is 16.9. The Hall–Kier alpha value is -2.57. The monoisotopic (exact) mass is 325 g/mol. The molecule has 0 aliphatic heterocycles. The molecular formula is C18H20FN5. The number of rotatable bonds is 6. The molecule has 124 valence electrons. The van der Waals surface area contributed by atoms with Gasteiger partial charge in [-0.1, -0.05) is 0 Å². The Morgan fingerprint density at radius 1 is 1.04 bits per heavy atom. The molecule has 5 nitrogen and oxygen atoms in total. The molecule has 0 aliphatic carbocycles. The zero-order valence-electron chi connectivity index (χ0n) is 13.8. The van der Waals surface area contributed by atoms with Gasteiger partial charge in [-0.3, -0.25) is 20.3 Å². The molecule has 2 aromatic heterocycles. The summed E-state index contributed by atoms with van der Waals surface area (Å²) in [6.07, 6.45) is 3.52. The average Bonchev–Trinajstić information content (AvgIpc) is 3.00. The van der Waals surface area contributed by atoms with Crippen molar-refractivity contribution < 1.29 is 4.39 Å². The summed E-state index contributed by atoms with van der Waals surface area (Å²) in [4.78, 5) is 6.14. The minimum Gasteiger partial charge on any atom is -0.299 e. The maximum Gasteiger partial charge on any atom is 0.123 e. The van der Waals surface area contributed by atoms with Gasteiger partial charge in [-0.2, -0.15) is 5.10 Å². The lowest BCUT2D eigenvalue weighted by molar-refractivity contribution is 0.366. The lowest BCUT2D eigenvalue weighted by atomic mass is 9.99. The molecule has 0 radical (unpaired) electrons. The van der Waals surface area contributed by atoms with Crippen LogP contribution in [0.4, 0.5) is 4.39 Å². The molecule has 0 aliphatic rings. The Bertz CT molecular complexity index is 781. The van der Waals surface area contributed by atoms with E-state index >= 15 is 0 Å². The van der Waals surface area contributed by atoms with Crippen LogP contribution in [0.2, 0.25) is 0 Å². The topological polar surface area (TPSA) is 56.8 Å². The fourth-order valence-corrected chi connectivity index (χ4v) is 2.56. The summed E-state index contributed by atoms with van der Waals surface area (Å²) in [5, 5.41) is 10.9. The van der Waals surface area contributed by atoms with Gasteiger partial charge in [0.15, 0.2) is 0 Å². The van der Waals surface area contributed by atoms with E-state index in [1.165, 1.54) is 12.1 Å². The van der Waals surface area contributed by atoms with Crippen molar-refractivity contribution in [1.82, 2.24) is 25.4 Å². The molecule has 2 N–H and O–H groups in total. The smallest absolute Gasteiger partial charge is 0.123 e. The molecule has 6 heteroatoms. The van der Waals surface area contributed by atoms with Crippen molar-refractivity contribution >= 4 is 0 Å². The number of H-pyrrole nitrogens is 1. The van der Waals surface area contributed by atoms with Crippen molar-refractivity contribution in [1.29, 1.82) is 0 Å². The molecule has 24 heavy (non-hydrogen) atoms. The van der Waals surface area contributed by atoms with Crippen LogP contribution >= 0.6 is 0 Å². The molecule has 0 fully saturated rings. The molecule has 0 saturated heterocycles. The van der Waals surface area contributed by atoms with Crippen molar-refractivity contribution in [3.8, 4) is 22.4 Å². The van der Waals surface area contributed by atoms with Crippen molar-refractivity contribution in [3.05, 3.63) is 60.3 Å². The van der Waals surface area contributed by atoms with Crippen LogP contribution in [0.5, 0.6) is 0 Å². The predicted octanol–water partition coefficient (Wildman–Crippen LogP) is 2.89. The van der Waals surface area contributed by atoms with Crippen molar-refractivity contribution in [2.75, 3.05) is 20.8 Å². The van der Waals surface area contributed by atoms with Crippen molar-refractivity contribution in [2.24, 2.45) is 0 Å². The molecule has 2 heterocycles. The van der Waals surface area contributed by atoms with Crippen LogP contribution < -0.4 is 5.32 Å². The summed E-state index contributed by atoms with van der Waals surface area (Å²) in [5.74, 6) is -0.257. The normalized spacial score (nSPS) is 11.2. The number of pyridine rings is 1. The number of hydrogen-bond acceptors (Lipinski definition) is 4. The van der Waals surface area contributed by atoms with Gasteiger partial charge in [-0.15, -0.1) is 0 Å². The third-order valence-corrected chi connectivity index (χ3v) is 3.66. The molecule has 0 unspecified atom stereocenters. The summed E-state index contributed by atoms with van der Waals surface area (Å²) in [6.45, 7) is 1.42. The van der Waals surface area contributed by atoms with Crippen LogP contribution in [-0.4, -0.2) is 40.8 Å². The Kier molecular flexibility index (Phi) is 4.98. The van der Waals surface area contributed by atoms with Crippen LogP contribution in [-0.2, 0) is 6.54 Å². The van der Waals surface area contributed by atoms with Gasteiger partial charge in [0.05, 0.1) is 5.69 Å². The van der Waals surface area contributed by atoms with Gasteiger partial charge in [0, 0.05) is 36.7 Å². The Morgan fingerprint density at radius 3 is 2.42 bits per heavy atom. The first kappa shape index (κ1) is 16.3. The van der Waals surface area contributed by atoms with E-state index in [4.69, 9.17) is 0 Å². The molecular weight excluding hydrogens is 305 g/mol. The number of aromatic amines is 1. The predicted molar refractivity (Wildman–Crippen MR) is 92.6 cm³/mol. The lowest BCUT2D eigenvalue weighted by Gasteiger charge is -2.11. The van der Waals surface area contributed by atoms with Crippen molar-refractivity contribution in [2.45, 2.75) is 6.54 Å². The first-order chi connectivity index (χ1) is 11.6. The number of nitrogens with zero attached hydrogens (tertiary/aromatic N) is 3. The van der Waals surface area contributed by atoms with E-state index in [0.717, 1.165) is 34.7 Å². The summed E-state index contributed by atoms with van der Waals surface area (Å²) < 4.78 is 13.2. The average molecular weight is 325 g/mol. The molecule has 0 saturated carbocycles. The summed E-state index contributed by atoms with van der Waals surface area (Å²) in [5.41, 5.74) is 4.71. The fraction of sp³-hybridized carbons (Fsp3) is 0.222. The minimum absolute atomic E-state index is 0.257. The van der Waals surface area contributed by atoms with E-state index in [1.807, 2.05) is 26.2 Å². The van der Waals surface area contributed by atoms with Gasteiger partial charge in [0.25, 0.3) is 0 Å². The van der Waals surface area contributed by atoms with E-state index in [0.29, 0.717) is 6.54 Å². The molecule has 3 aromatic rings. The lowest BCUT2D eigenvalue weighted by Crippen LogP contribution is -2.27. The highest BCUT2D eigenvalue weighted by Crippen LogP contribution is 2.33. The molecule has 3 rings (SSSR count). The number of nitrogens with one attached hydrogen (secondary N) is 2. The summed E-state index contributed by atoms with van der Waals surface area (Å²) in [6, 6.07) is 10.3. The highest BCUT2D eigenvalue weighted by Gasteiger charge is 2.16. The van der Waals surface area contributed by atoms with Crippen LogP contribution in [0.1, 0.15) is 5.69 Å². The minimum atomic E-state index is -0.257. The number of halogens is 1. The molecule has 0 bridgehead atoms. The van der Waals surface area contributed by atoms with E-state index in [9.17, 15) is 4.39 Å². The number of benzene rings is 1. The van der Waals surface area contributed by atoms with Crippen LogP contribution in [0.25, 0.3) is 22.4 Å². The van der Waals surface area contributed by atoms with Gasteiger partial charge in [0.1, 0.15) is 11.5 Å². The highest BCUT2D eigenvalue weighted by atomic mass is 19.1. The van der Waals surface area contributed by atoms with E-state index in [-0.39, 0.29) is 5.82 Å². The van der Waals surface area contributed by atoms with E-state index < -0.39 is 0 Å². The molecule has 0 amide bonds. The van der Waals surface area contributed by atoms with E-state index in [2.05, 4.69) is 25.4 Å². The quantitative estimate of drug-likeness (QED) is 0.684. The second kappa shape index (κ2) is 7.33. The largest absolute Gasteiger partial charge is 0.299 e. The molecule has 0 spiro atoms. The summed E-state index contributed by atoms with van der Waals surface area (Å²) in [7, 11) is 4.02. The Morgan fingerprint density at radius 2 is 1.75 bits per heavy atom. The van der Waals surface area contributed by atoms with Gasteiger partial charge < -0.3 is 0 Å². The van der Waals surface area contributed by atoms with Gasteiger partial charge in [-0.05, 0) is 56.1 Å². The molecule has 1 aromatic carbocycles. The first-order valence-corrected chi connectivity index (χ1v) is 7.74. The second-order valence-corrected chi connectivity index (χ2v) is 5.83. The number of aromatic nitrogens is 3. The van der Waals surface area contributed by atoms with Gasteiger partial charge in [0.2, 0.25) is 0 Å². The van der Waals surface area contributed by atoms with Gasteiger partial charge >= 0.3 is 0 Å².